The number of para-hydroxylation sites is 2. The van der Waals surface area contributed by atoms with E-state index in [0.717, 1.165) is 42.0 Å². The number of hydrogen-bond donors (Lipinski definition) is 1. The first-order chi connectivity index (χ1) is 14.3. The van der Waals surface area contributed by atoms with E-state index in [-0.39, 0.29) is 12.1 Å². The summed E-state index contributed by atoms with van der Waals surface area (Å²) in [5, 5.41) is 1.27. The lowest BCUT2D eigenvalue weighted by Gasteiger charge is -2.47. The second-order valence-corrected chi connectivity index (χ2v) is 7.82. The first-order valence-electron chi connectivity index (χ1n) is 10.1. The quantitative estimate of drug-likeness (QED) is 0.539. The van der Waals surface area contributed by atoms with Crippen molar-refractivity contribution < 1.29 is 4.79 Å². The number of aromatic nitrogens is 1. The maximum absolute atomic E-state index is 13.4. The second-order valence-electron chi connectivity index (χ2n) is 7.82. The van der Waals surface area contributed by atoms with Crippen LogP contribution in [0.5, 0.6) is 0 Å². The predicted molar refractivity (Wildman–Crippen MR) is 115 cm³/mol. The number of anilines is 1. The van der Waals surface area contributed by atoms with E-state index in [4.69, 9.17) is 0 Å². The molecule has 0 fully saturated rings. The van der Waals surface area contributed by atoms with E-state index in [1.54, 1.807) is 0 Å². The number of fused-ring (bicyclic) bond motifs is 6. The fraction of sp³-hybridized carbons (Fsp3) is 0.160. The summed E-state index contributed by atoms with van der Waals surface area (Å²) in [5.74, 6) is 0.124. The molecular weight excluding hydrogens is 358 g/mol. The van der Waals surface area contributed by atoms with Crippen molar-refractivity contribution in [3.8, 4) is 0 Å². The molecule has 0 radical (unpaired) electrons. The zero-order valence-electron chi connectivity index (χ0n) is 16.0. The average molecular weight is 379 g/mol. The summed E-state index contributed by atoms with van der Waals surface area (Å²) in [6.07, 6.45) is 0.761. The van der Waals surface area contributed by atoms with E-state index in [2.05, 4.69) is 64.5 Å². The maximum atomic E-state index is 13.4. The predicted octanol–water partition coefficient (Wildman–Crippen LogP) is 4.89. The Bertz CT molecular complexity index is 1230. The van der Waals surface area contributed by atoms with Gasteiger partial charge in [0.15, 0.2) is 0 Å². The lowest BCUT2D eigenvalue weighted by molar-refractivity contribution is 0.0625. The standard InChI is InChI=1S/C25H21N3O/c29-25-20-11-5-7-13-22(20)28(16-17-8-2-1-3-9-17)24-23-19(14-15-27(24)25)18-10-4-6-12-21(18)26-23/h1-13,24,26H,14-16H2/t24-/m1/s1. The molecule has 4 aromatic rings. The molecular formula is C25H21N3O. The Morgan fingerprint density at radius 3 is 2.55 bits per heavy atom. The van der Waals surface area contributed by atoms with Gasteiger partial charge in [-0.3, -0.25) is 4.79 Å². The number of nitrogens with zero attached hydrogens (tertiary/aromatic N) is 2. The number of hydrogen-bond acceptors (Lipinski definition) is 2. The molecule has 0 unspecified atom stereocenters. The summed E-state index contributed by atoms with van der Waals surface area (Å²) >= 11 is 0. The summed E-state index contributed by atoms with van der Waals surface area (Å²) in [6, 6.07) is 26.9. The number of carbonyl (C=O) groups is 1. The van der Waals surface area contributed by atoms with Gasteiger partial charge >= 0.3 is 0 Å². The van der Waals surface area contributed by atoms with E-state index < -0.39 is 0 Å². The summed E-state index contributed by atoms with van der Waals surface area (Å²) in [6.45, 7) is 1.49. The molecule has 0 saturated heterocycles. The van der Waals surface area contributed by atoms with E-state index in [1.807, 2.05) is 29.2 Å². The van der Waals surface area contributed by atoms with Gasteiger partial charge in [-0.2, -0.15) is 0 Å². The fourth-order valence-corrected chi connectivity index (χ4v) is 4.90. The summed E-state index contributed by atoms with van der Waals surface area (Å²) < 4.78 is 0. The van der Waals surface area contributed by atoms with Crippen LogP contribution >= 0.6 is 0 Å². The number of benzene rings is 3. The van der Waals surface area contributed by atoms with E-state index in [9.17, 15) is 4.79 Å². The minimum absolute atomic E-state index is 0.117. The molecule has 0 saturated carbocycles. The third kappa shape index (κ3) is 2.42. The minimum Gasteiger partial charge on any atom is -0.355 e. The van der Waals surface area contributed by atoms with Crippen molar-refractivity contribution in [2.75, 3.05) is 11.4 Å². The van der Waals surface area contributed by atoms with Gasteiger partial charge in [0.25, 0.3) is 5.91 Å². The van der Waals surface area contributed by atoms with Crippen LogP contribution in [0.15, 0.2) is 78.9 Å². The van der Waals surface area contributed by atoms with Gasteiger partial charge in [0.1, 0.15) is 6.17 Å². The molecule has 0 bridgehead atoms. The Balaban J connectivity index is 1.56. The van der Waals surface area contributed by atoms with Crippen molar-refractivity contribution in [2.24, 2.45) is 0 Å². The smallest absolute Gasteiger partial charge is 0.257 e. The molecule has 1 atom stereocenters. The number of aromatic amines is 1. The van der Waals surface area contributed by atoms with Gasteiger partial charge in [0.05, 0.1) is 16.9 Å². The minimum atomic E-state index is -0.117. The molecule has 3 aromatic carbocycles. The van der Waals surface area contributed by atoms with Gasteiger partial charge in [-0.15, -0.1) is 0 Å². The molecule has 1 aromatic heterocycles. The van der Waals surface area contributed by atoms with Crippen molar-refractivity contribution >= 4 is 22.5 Å². The summed E-state index contributed by atoms with van der Waals surface area (Å²) in [7, 11) is 0. The molecule has 4 nitrogen and oxygen atoms in total. The van der Waals surface area contributed by atoms with Gasteiger partial charge in [-0.05, 0) is 35.7 Å². The highest BCUT2D eigenvalue weighted by atomic mass is 16.2. The van der Waals surface area contributed by atoms with Crippen LogP contribution < -0.4 is 4.90 Å². The number of nitrogens with one attached hydrogen (secondary N) is 1. The maximum Gasteiger partial charge on any atom is 0.257 e. The van der Waals surface area contributed by atoms with Gasteiger partial charge in [-0.1, -0.05) is 60.7 Å². The Morgan fingerprint density at radius 2 is 1.66 bits per heavy atom. The molecule has 1 N–H and O–H groups in total. The molecule has 2 aliphatic rings. The lowest BCUT2D eigenvalue weighted by atomic mass is 9.95. The number of rotatable bonds is 2. The fourth-order valence-electron chi connectivity index (χ4n) is 4.90. The lowest BCUT2D eigenvalue weighted by Crippen LogP contribution is -2.52. The van der Waals surface area contributed by atoms with E-state index in [0.29, 0.717) is 0 Å². The van der Waals surface area contributed by atoms with Gasteiger partial charge in [-0.25, -0.2) is 0 Å². The summed E-state index contributed by atoms with van der Waals surface area (Å²) in [4.78, 5) is 21.4. The molecule has 6 rings (SSSR count). The Labute approximate surface area is 169 Å². The first-order valence-corrected chi connectivity index (χ1v) is 10.1. The molecule has 2 aliphatic heterocycles. The van der Waals surface area contributed by atoms with E-state index >= 15 is 0 Å². The monoisotopic (exact) mass is 379 g/mol. The van der Waals surface area contributed by atoms with Crippen LogP contribution in [0.2, 0.25) is 0 Å². The molecule has 0 spiro atoms. The Hall–Kier alpha value is -3.53. The van der Waals surface area contributed by atoms with Crippen molar-refractivity contribution in [3.63, 3.8) is 0 Å². The highest BCUT2D eigenvalue weighted by Gasteiger charge is 2.42. The Morgan fingerprint density at radius 1 is 0.897 bits per heavy atom. The molecule has 29 heavy (non-hydrogen) atoms. The van der Waals surface area contributed by atoms with Crippen LogP contribution in [-0.2, 0) is 13.0 Å². The van der Waals surface area contributed by atoms with Crippen molar-refractivity contribution in [3.05, 3.63) is 101 Å². The third-order valence-corrected chi connectivity index (χ3v) is 6.20. The van der Waals surface area contributed by atoms with Crippen LogP contribution in [-0.4, -0.2) is 22.3 Å². The van der Waals surface area contributed by atoms with Crippen LogP contribution in [0, 0.1) is 0 Å². The van der Waals surface area contributed by atoms with Crippen LogP contribution in [0.1, 0.15) is 33.3 Å². The Kier molecular flexibility index (Phi) is 3.54. The first kappa shape index (κ1) is 16.4. The van der Waals surface area contributed by atoms with Crippen molar-refractivity contribution in [2.45, 2.75) is 19.1 Å². The SMILES string of the molecule is O=C1c2ccccc2N(Cc2ccccc2)[C@@H]2c3[nH]c4ccccc4c3CCN12. The van der Waals surface area contributed by atoms with E-state index in [1.165, 1.54) is 16.5 Å². The van der Waals surface area contributed by atoms with Gasteiger partial charge in [0.2, 0.25) is 0 Å². The topological polar surface area (TPSA) is 39.3 Å². The number of amides is 1. The van der Waals surface area contributed by atoms with Crippen LogP contribution in [0.4, 0.5) is 5.69 Å². The molecule has 1 amide bonds. The molecule has 3 heterocycles. The number of carbonyl (C=O) groups excluding carboxylic acids is 1. The average Bonchev–Trinajstić information content (AvgIpc) is 3.16. The molecule has 142 valence electrons. The second kappa shape index (κ2) is 6.24. The molecule has 0 aliphatic carbocycles. The normalized spacial score (nSPS) is 17.8. The number of H-pyrrole nitrogens is 1. The molecule has 4 heteroatoms. The third-order valence-electron chi connectivity index (χ3n) is 6.20. The van der Waals surface area contributed by atoms with Gasteiger partial charge in [0, 0.05) is 24.0 Å². The van der Waals surface area contributed by atoms with Crippen molar-refractivity contribution in [1.29, 1.82) is 0 Å². The summed E-state index contributed by atoms with van der Waals surface area (Å²) in [5.41, 5.74) is 6.67. The van der Waals surface area contributed by atoms with Gasteiger partial charge < -0.3 is 14.8 Å². The highest BCUT2D eigenvalue weighted by Crippen LogP contribution is 2.44. The van der Waals surface area contributed by atoms with Crippen molar-refractivity contribution in [1.82, 2.24) is 9.88 Å². The zero-order chi connectivity index (χ0) is 19.4. The largest absolute Gasteiger partial charge is 0.355 e. The highest BCUT2D eigenvalue weighted by molar-refractivity contribution is 6.02. The zero-order valence-corrected chi connectivity index (χ0v) is 16.0. The van der Waals surface area contributed by atoms with Crippen LogP contribution in [0.3, 0.4) is 0 Å². The van der Waals surface area contributed by atoms with Crippen LogP contribution in [0.25, 0.3) is 10.9 Å².